The maximum Gasteiger partial charge on any atom is 0.411 e. The average molecular weight is 372 g/mol. The van der Waals surface area contributed by atoms with Crippen LogP contribution in [-0.4, -0.2) is 6.61 Å². The molecular formula is C22H29O3P. The Kier molecular flexibility index (Phi) is 6.93. The number of hydrogen-bond acceptors (Lipinski definition) is 3. The maximum absolute atomic E-state index is 13.4. The fourth-order valence-corrected chi connectivity index (χ4v) is 5.24. The van der Waals surface area contributed by atoms with E-state index in [2.05, 4.69) is 6.92 Å². The van der Waals surface area contributed by atoms with Crippen LogP contribution in [0.25, 0.3) is 11.1 Å². The van der Waals surface area contributed by atoms with Crippen molar-refractivity contribution < 1.29 is 13.6 Å². The van der Waals surface area contributed by atoms with Gasteiger partial charge in [0, 0.05) is 11.1 Å². The molecule has 1 aliphatic heterocycles. The minimum Gasteiger partial charge on any atom is -0.421 e. The molecular weight excluding hydrogens is 343 g/mol. The highest BCUT2D eigenvalue weighted by atomic mass is 31.2. The van der Waals surface area contributed by atoms with Crippen LogP contribution >= 0.6 is 7.60 Å². The van der Waals surface area contributed by atoms with Gasteiger partial charge in [0.1, 0.15) is 5.75 Å². The first-order valence-corrected chi connectivity index (χ1v) is 11.4. The second-order valence-electron chi connectivity index (χ2n) is 6.91. The molecule has 1 atom stereocenters. The average Bonchev–Trinajstić information content (AvgIpc) is 2.67. The van der Waals surface area contributed by atoms with Crippen LogP contribution in [0.15, 0.2) is 48.5 Å². The van der Waals surface area contributed by atoms with Crippen molar-refractivity contribution in [1.82, 2.24) is 0 Å². The largest absolute Gasteiger partial charge is 0.421 e. The van der Waals surface area contributed by atoms with Gasteiger partial charge in [-0.15, -0.1) is 0 Å². The van der Waals surface area contributed by atoms with Crippen molar-refractivity contribution in [3.05, 3.63) is 48.5 Å². The quantitative estimate of drug-likeness (QED) is 0.343. The summed E-state index contributed by atoms with van der Waals surface area (Å²) in [4.78, 5) is 0. The fourth-order valence-electron chi connectivity index (χ4n) is 3.40. The third-order valence-electron chi connectivity index (χ3n) is 4.85. The molecule has 1 heterocycles. The highest BCUT2D eigenvalue weighted by Gasteiger charge is 2.37. The van der Waals surface area contributed by atoms with Crippen LogP contribution in [0.1, 0.15) is 58.3 Å². The summed E-state index contributed by atoms with van der Waals surface area (Å²) in [6.45, 7) is 2.71. The van der Waals surface area contributed by atoms with E-state index in [1.165, 1.54) is 38.5 Å². The van der Waals surface area contributed by atoms with Gasteiger partial charge < -0.3 is 4.52 Å². The SMILES string of the molecule is CCCCCCCCCCOP1(=O)Oc2ccccc2-c2ccccc21. The summed E-state index contributed by atoms with van der Waals surface area (Å²) in [6, 6.07) is 15.4. The molecule has 1 aliphatic rings. The summed E-state index contributed by atoms with van der Waals surface area (Å²) < 4.78 is 25.1. The van der Waals surface area contributed by atoms with Gasteiger partial charge in [0.2, 0.25) is 0 Å². The van der Waals surface area contributed by atoms with Gasteiger partial charge in [-0.2, -0.15) is 0 Å². The minimum absolute atomic E-state index is 0.475. The van der Waals surface area contributed by atoms with E-state index in [9.17, 15) is 4.57 Å². The Labute approximate surface area is 157 Å². The van der Waals surface area contributed by atoms with Crippen LogP contribution in [0, 0.1) is 0 Å². The van der Waals surface area contributed by atoms with Gasteiger partial charge in [-0.25, -0.2) is 4.57 Å². The van der Waals surface area contributed by atoms with Crippen molar-refractivity contribution in [2.24, 2.45) is 0 Å². The van der Waals surface area contributed by atoms with E-state index in [0.29, 0.717) is 17.7 Å². The summed E-state index contributed by atoms with van der Waals surface area (Å²) in [5, 5.41) is 0.679. The van der Waals surface area contributed by atoms with Crippen LogP contribution in [0.3, 0.4) is 0 Å². The molecule has 0 aliphatic carbocycles. The van der Waals surface area contributed by atoms with Gasteiger partial charge in [-0.1, -0.05) is 88.3 Å². The lowest BCUT2D eigenvalue weighted by molar-refractivity contribution is 0.265. The Balaban J connectivity index is 1.55. The Bertz CT molecular complexity index is 757. The normalized spacial score (nSPS) is 18.0. The first-order valence-electron chi connectivity index (χ1n) is 9.88. The number of hydrogen-bond donors (Lipinski definition) is 0. The Hall–Kier alpha value is -1.57. The van der Waals surface area contributed by atoms with Gasteiger partial charge in [0.15, 0.2) is 0 Å². The van der Waals surface area contributed by atoms with E-state index in [-0.39, 0.29) is 0 Å². The summed E-state index contributed by atoms with van der Waals surface area (Å²) >= 11 is 0. The molecule has 0 radical (unpaired) electrons. The van der Waals surface area contributed by atoms with Crippen LogP contribution in [0.2, 0.25) is 0 Å². The third kappa shape index (κ3) is 4.58. The molecule has 0 amide bonds. The Morgan fingerprint density at radius 3 is 2.19 bits per heavy atom. The summed E-state index contributed by atoms with van der Waals surface area (Å²) in [6.07, 6.45) is 9.82. The molecule has 3 rings (SSSR count). The number of para-hydroxylation sites is 1. The first kappa shape index (κ1) is 19.2. The Morgan fingerprint density at radius 2 is 1.42 bits per heavy atom. The molecule has 0 saturated heterocycles. The first-order chi connectivity index (χ1) is 12.7. The molecule has 0 fully saturated rings. The van der Waals surface area contributed by atoms with E-state index in [4.69, 9.17) is 9.05 Å². The van der Waals surface area contributed by atoms with Crippen LogP contribution in [-0.2, 0) is 9.09 Å². The fraction of sp³-hybridized carbons (Fsp3) is 0.455. The van der Waals surface area contributed by atoms with Crippen molar-refractivity contribution in [1.29, 1.82) is 0 Å². The van der Waals surface area contributed by atoms with E-state index >= 15 is 0 Å². The van der Waals surface area contributed by atoms with Crippen LogP contribution < -0.4 is 9.83 Å². The third-order valence-corrected chi connectivity index (χ3v) is 6.79. The van der Waals surface area contributed by atoms with Crippen molar-refractivity contribution in [3.63, 3.8) is 0 Å². The van der Waals surface area contributed by atoms with Crippen molar-refractivity contribution >= 4 is 12.9 Å². The molecule has 2 aromatic rings. The van der Waals surface area contributed by atoms with E-state index in [1.807, 2.05) is 48.5 Å². The van der Waals surface area contributed by atoms with Crippen LogP contribution in [0.5, 0.6) is 5.75 Å². The van der Waals surface area contributed by atoms with Crippen molar-refractivity contribution in [2.45, 2.75) is 58.3 Å². The molecule has 0 bridgehead atoms. The van der Waals surface area contributed by atoms with E-state index < -0.39 is 7.60 Å². The van der Waals surface area contributed by atoms with Gasteiger partial charge in [-0.3, -0.25) is 4.52 Å². The zero-order valence-corrected chi connectivity index (χ0v) is 16.5. The lowest BCUT2D eigenvalue weighted by atomic mass is 10.0. The van der Waals surface area contributed by atoms with Crippen molar-refractivity contribution in [3.8, 4) is 16.9 Å². The van der Waals surface area contributed by atoms with E-state index in [1.54, 1.807) is 0 Å². The van der Waals surface area contributed by atoms with Gasteiger partial charge in [-0.05, 0) is 18.6 Å². The minimum atomic E-state index is -3.31. The number of rotatable bonds is 10. The topological polar surface area (TPSA) is 35.5 Å². The second-order valence-corrected chi connectivity index (χ2v) is 8.83. The van der Waals surface area contributed by atoms with E-state index in [0.717, 1.165) is 24.0 Å². The molecule has 0 spiro atoms. The number of benzene rings is 2. The molecule has 0 aromatic heterocycles. The lowest BCUT2D eigenvalue weighted by Crippen LogP contribution is -2.19. The molecule has 4 heteroatoms. The lowest BCUT2D eigenvalue weighted by Gasteiger charge is -2.27. The molecule has 3 nitrogen and oxygen atoms in total. The molecule has 0 N–H and O–H groups in total. The maximum atomic E-state index is 13.4. The predicted molar refractivity (Wildman–Crippen MR) is 108 cm³/mol. The number of unbranched alkanes of at least 4 members (excludes halogenated alkanes) is 7. The molecule has 2 aromatic carbocycles. The highest BCUT2D eigenvalue weighted by molar-refractivity contribution is 7.63. The molecule has 0 saturated carbocycles. The van der Waals surface area contributed by atoms with Gasteiger partial charge >= 0.3 is 7.60 Å². The molecule has 140 valence electrons. The highest BCUT2D eigenvalue weighted by Crippen LogP contribution is 2.55. The zero-order valence-electron chi connectivity index (χ0n) is 15.7. The predicted octanol–water partition coefficient (Wildman–Crippen LogP) is 6.72. The summed E-state index contributed by atoms with van der Waals surface area (Å²) in [5.41, 5.74) is 1.93. The second kappa shape index (κ2) is 9.39. The van der Waals surface area contributed by atoms with Gasteiger partial charge in [0.25, 0.3) is 0 Å². The van der Waals surface area contributed by atoms with Crippen molar-refractivity contribution in [2.75, 3.05) is 6.61 Å². The smallest absolute Gasteiger partial charge is 0.411 e. The van der Waals surface area contributed by atoms with Gasteiger partial charge in [0.05, 0.1) is 11.9 Å². The molecule has 26 heavy (non-hydrogen) atoms. The monoisotopic (exact) mass is 372 g/mol. The number of fused-ring (bicyclic) bond motifs is 3. The molecule has 1 unspecified atom stereocenters. The van der Waals surface area contributed by atoms with Crippen LogP contribution in [0.4, 0.5) is 0 Å². The Morgan fingerprint density at radius 1 is 0.808 bits per heavy atom. The standard InChI is InChI=1S/C22H29O3P/c1-2-3-4-5-6-7-8-13-18-24-26(23)22-17-12-10-15-20(22)19-14-9-11-16-21(19)25-26/h9-12,14-17H,2-8,13,18H2,1H3. The summed E-state index contributed by atoms with van der Waals surface area (Å²) in [5.74, 6) is 0.644. The summed E-state index contributed by atoms with van der Waals surface area (Å²) in [7, 11) is -3.31. The zero-order chi connectivity index (χ0) is 18.2.